The zero-order chi connectivity index (χ0) is 23.2. The van der Waals surface area contributed by atoms with Crippen molar-refractivity contribution in [2.45, 2.75) is 118 Å². The first-order valence-corrected chi connectivity index (χ1v) is 14.1. The quantitative estimate of drug-likeness (QED) is 0.265. The topological polar surface area (TPSA) is 35.5 Å². The fourth-order valence-electron chi connectivity index (χ4n) is 3.97. The van der Waals surface area contributed by atoms with Crippen LogP contribution in [0.15, 0.2) is 32.9 Å². The normalized spacial score (nSPS) is 11.6. The van der Waals surface area contributed by atoms with E-state index in [1.165, 1.54) is 60.8 Å². The molecule has 0 aliphatic heterocycles. The van der Waals surface area contributed by atoms with Crippen LogP contribution in [0, 0.1) is 0 Å². The summed E-state index contributed by atoms with van der Waals surface area (Å²) in [5, 5.41) is 0. The van der Waals surface area contributed by atoms with Gasteiger partial charge >= 0.3 is 8.24 Å². The van der Waals surface area contributed by atoms with E-state index in [1.807, 2.05) is 0 Å². The summed E-state index contributed by atoms with van der Waals surface area (Å²) in [6, 6.07) is 6.81. The van der Waals surface area contributed by atoms with Crippen LogP contribution < -0.4 is 4.52 Å². The molecule has 180 valence electrons. The molecule has 4 heteroatoms. The Labute approximate surface area is 197 Å². The molecule has 3 nitrogen and oxygen atoms in total. The summed E-state index contributed by atoms with van der Waals surface area (Å²) >= 11 is 0. The van der Waals surface area contributed by atoms with Crippen molar-refractivity contribution in [3.8, 4) is 5.75 Å². The van der Waals surface area contributed by atoms with Crippen molar-refractivity contribution < 1.29 is 12.9 Å². The van der Waals surface area contributed by atoms with Crippen molar-refractivity contribution in [2.24, 2.45) is 0 Å². The number of aryl methyl sites for hydroxylation is 5. The Morgan fingerprint density at radius 2 is 1.28 bits per heavy atom. The van der Waals surface area contributed by atoms with Gasteiger partial charge < -0.3 is 12.9 Å². The van der Waals surface area contributed by atoms with E-state index in [9.17, 15) is 0 Å². The minimum atomic E-state index is -1.49. The van der Waals surface area contributed by atoms with E-state index >= 15 is 0 Å². The Bertz CT molecular complexity index is 797. The molecule has 0 amide bonds. The first kappa shape index (κ1) is 26.7. The number of benzene rings is 1. The Morgan fingerprint density at radius 1 is 0.719 bits per heavy atom. The standard InChI is InChI=1S/C28H45O3P/c1-6-11-15-23-21-25(16-12-7-2)28(26(22-23)17-13-8-3)31-32-29-20-19-24(10-5)27(30-32)18-14-9-4/h19-22H,6-18H2,1-5H3. The number of rotatable bonds is 15. The third-order valence-electron chi connectivity index (χ3n) is 5.98. The van der Waals surface area contributed by atoms with Gasteiger partial charge in [0.2, 0.25) is 0 Å². The zero-order valence-corrected chi connectivity index (χ0v) is 22.1. The van der Waals surface area contributed by atoms with Gasteiger partial charge in [-0.2, -0.15) is 0 Å². The third kappa shape index (κ3) is 8.39. The first-order chi connectivity index (χ1) is 15.7. The molecule has 1 atom stereocenters. The minimum absolute atomic E-state index is 0.941. The smallest absolute Gasteiger partial charge is 0.399 e. The van der Waals surface area contributed by atoms with E-state index in [2.05, 4.69) is 52.8 Å². The Balaban J connectivity index is 2.50. The van der Waals surface area contributed by atoms with Gasteiger partial charge in [-0.1, -0.05) is 72.4 Å². The van der Waals surface area contributed by atoms with Gasteiger partial charge in [0.1, 0.15) is 17.8 Å². The summed E-state index contributed by atoms with van der Waals surface area (Å²) < 4.78 is 18.9. The van der Waals surface area contributed by atoms with Crippen LogP contribution >= 0.6 is 8.24 Å². The predicted octanol–water partition coefficient (Wildman–Crippen LogP) is 9.76. The van der Waals surface area contributed by atoms with Crippen molar-refractivity contribution in [3.05, 3.63) is 52.5 Å². The lowest BCUT2D eigenvalue weighted by Crippen LogP contribution is -2.00. The maximum Gasteiger partial charge on any atom is 0.452 e. The Kier molecular flexibility index (Phi) is 12.7. The monoisotopic (exact) mass is 460 g/mol. The molecule has 1 heterocycles. The van der Waals surface area contributed by atoms with Crippen molar-refractivity contribution in [3.63, 3.8) is 0 Å². The van der Waals surface area contributed by atoms with Crippen LogP contribution in [0.1, 0.15) is 114 Å². The highest BCUT2D eigenvalue weighted by molar-refractivity contribution is 7.31. The van der Waals surface area contributed by atoms with Crippen molar-refractivity contribution in [1.29, 1.82) is 0 Å². The second kappa shape index (κ2) is 15.3. The molecule has 0 radical (unpaired) electrons. The van der Waals surface area contributed by atoms with Gasteiger partial charge in [0.25, 0.3) is 0 Å². The summed E-state index contributed by atoms with van der Waals surface area (Å²) in [7, 11) is -1.49. The molecule has 32 heavy (non-hydrogen) atoms. The van der Waals surface area contributed by atoms with E-state index in [0.29, 0.717) is 0 Å². The van der Waals surface area contributed by atoms with Crippen LogP contribution in [0.25, 0.3) is 0 Å². The highest BCUT2D eigenvalue weighted by Crippen LogP contribution is 2.38. The second-order valence-corrected chi connectivity index (χ2v) is 9.80. The van der Waals surface area contributed by atoms with Crippen LogP contribution in [-0.2, 0) is 32.1 Å². The molecule has 0 fully saturated rings. The molecule has 0 saturated heterocycles. The summed E-state index contributed by atoms with van der Waals surface area (Å²) in [5.74, 6) is 2.06. The fourth-order valence-corrected chi connectivity index (χ4v) is 5.03. The molecule has 0 N–H and O–H groups in total. The molecule has 0 aliphatic rings. The molecular weight excluding hydrogens is 415 g/mol. The molecule has 1 aromatic carbocycles. The Hall–Kier alpha value is -1.60. The van der Waals surface area contributed by atoms with Crippen LogP contribution in [-0.4, -0.2) is 0 Å². The summed E-state index contributed by atoms with van der Waals surface area (Å²) in [6.07, 6.45) is 16.3. The van der Waals surface area contributed by atoms with Gasteiger partial charge in [-0.25, -0.2) is 0 Å². The van der Waals surface area contributed by atoms with E-state index in [0.717, 1.165) is 56.5 Å². The first-order valence-electron chi connectivity index (χ1n) is 13.0. The molecular formula is C28H45O3P. The van der Waals surface area contributed by atoms with Crippen LogP contribution in [0.5, 0.6) is 5.75 Å². The highest BCUT2D eigenvalue weighted by atomic mass is 31.1. The van der Waals surface area contributed by atoms with Crippen LogP contribution in [0.4, 0.5) is 0 Å². The molecule has 2 aromatic rings. The third-order valence-corrected chi connectivity index (χ3v) is 6.98. The average molecular weight is 461 g/mol. The summed E-state index contributed by atoms with van der Waals surface area (Å²) in [4.78, 5) is 0. The zero-order valence-electron chi connectivity index (χ0n) is 21.2. The largest absolute Gasteiger partial charge is 0.452 e. The SMILES string of the molecule is CCCCc1cc(CCCC)c(Op2occc(CC)c(CCCC)o2)c(CCCC)c1. The van der Waals surface area contributed by atoms with Gasteiger partial charge in [0, 0.05) is 6.42 Å². The number of unbranched alkanes of at least 4 members (excludes halogenated alkanes) is 4. The van der Waals surface area contributed by atoms with Crippen LogP contribution in [0.2, 0.25) is 0 Å². The van der Waals surface area contributed by atoms with E-state index < -0.39 is 8.24 Å². The summed E-state index contributed by atoms with van der Waals surface area (Å²) in [6.45, 7) is 11.2. The van der Waals surface area contributed by atoms with E-state index in [1.54, 1.807) is 6.26 Å². The van der Waals surface area contributed by atoms with Crippen molar-refractivity contribution >= 4 is 8.24 Å². The lowest BCUT2D eigenvalue weighted by atomic mass is 9.95. The van der Waals surface area contributed by atoms with Gasteiger partial charge in [-0.05, 0) is 79.7 Å². The van der Waals surface area contributed by atoms with Gasteiger partial charge in [-0.3, -0.25) is 0 Å². The molecule has 0 spiro atoms. The molecule has 2 rings (SSSR count). The van der Waals surface area contributed by atoms with E-state index in [-0.39, 0.29) is 0 Å². The predicted molar refractivity (Wildman–Crippen MR) is 138 cm³/mol. The molecule has 0 saturated carbocycles. The Morgan fingerprint density at radius 3 is 1.84 bits per heavy atom. The van der Waals surface area contributed by atoms with Gasteiger partial charge in [-0.15, -0.1) is 0 Å². The molecule has 1 aromatic heterocycles. The van der Waals surface area contributed by atoms with Crippen LogP contribution in [0.3, 0.4) is 0 Å². The average Bonchev–Trinajstić information content (AvgIpc) is 3.01. The maximum atomic E-state index is 6.59. The number of hydrogen-bond acceptors (Lipinski definition) is 3. The lowest BCUT2D eigenvalue weighted by Gasteiger charge is -2.16. The molecule has 1 unspecified atom stereocenters. The maximum absolute atomic E-state index is 6.59. The minimum Gasteiger partial charge on any atom is -0.399 e. The fraction of sp³-hybridized carbons (Fsp3) is 0.643. The number of hydrogen-bond donors (Lipinski definition) is 0. The van der Waals surface area contributed by atoms with Crippen molar-refractivity contribution in [1.82, 2.24) is 0 Å². The van der Waals surface area contributed by atoms with Crippen molar-refractivity contribution in [2.75, 3.05) is 0 Å². The second-order valence-electron chi connectivity index (χ2n) is 8.77. The van der Waals surface area contributed by atoms with Gasteiger partial charge in [0.15, 0.2) is 0 Å². The summed E-state index contributed by atoms with van der Waals surface area (Å²) in [5.41, 5.74) is 5.32. The van der Waals surface area contributed by atoms with E-state index in [4.69, 9.17) is 12.9 Å². The highest BCUT2D eigenvalue weighted by Gasteiger charge is 2.16. The van der Waals surface area contributed by atoms with Gasteiger partial charge in [0.05, 0.1) is 0 Å². The molecule has 0 aliphatic carbocycles. The molecule has 0 bridgehead atoms. The lowest BCUT2D eigenvalue weighted by molar-refractivity contribution is 0.446.